The average molecular weight is 467 g/mol. The third-order valence-electron chi connectivity index (χ3n) is 5.30. The summed E-state index contributed by atoms with van der Waals surface area (Å²) in [6.45, 7) is 2.43. The largest absolute Gasteiger partial charge is 0.489 e. The van der Waals surface area contributed by atoms with E-state index >= 15 is 0 Å². The Morgan fingerprint density at radius 3 is 2.45 bits per heavy atom. The third-order valence-corrected chi connectivity index (χ3v) is 5.81. The number of fused-ring (bicyclic) bond motifs is 1. The Labute approximate surface area is 189 Å². The van der Waals surface area contributed by atoms with Crippen molar-refractivity contribution >= 4 is 35.0 Å². The smallest absolute Gasteiger partial charge is 0.257 e. The van der Waals surface area contributed by atoms with Crippen molar-refractivity contribution in [1.82, 2.24) is 9.80 Å². The van der Waals surface area contributed by atoms with Crippen LogP contribution in [0.25, 0.3) is 0 Å². The summed E-state index contributed by atoms with van der Waals surface area (Å²) < 4.78 is 25.3. The predicted molar refractivity (Wildman–Crippen MR) is 115 cm³/mol. The van der Waals surface area contributed by atoms with Gasteiger partial charge in [0.1, 0.15) is 5.82 Å². The Morgan fingerprint density at radius 2 is 1.68 bits per heavy atom. The molecule has 0 atom stereocenters. The summed E-state index contributed by atoms with van der Waals surface area (Å²) in [7, 11) is 0. The fourth-order valence-corrected chi connectivity index (χ4v) is 4.12. The number of nitrogens with zero attached hydrogens (tertiary/aromatic N) is 2. The van der Waals surface area contributed by atoms with Gasteiger partial charge >= 0.3 is 0 Å². The van der Waals surface area contributed by atoms with Crippen molar-refractivity contribution in [2.75, 3.05) is 39.4 Å². The Morgan fingerprint density at radius 1 is 0.968 bits per heavy atom. The van der Waals surface area contributed by atoms with E-state index in [0.29, 0.717) is 60.9 Å². The summed E-state index contributed by atoms with van der Waals surface area (Å²) in [5.41, 5.74) is 0.674. The van der Waals surface area contributed by atoms with E-state index in [-0.39, 0.29) is 17.9 Å². The van der Waals surface area contributed by atoms with Crippen molar-refractivity contribution < 1.29 is 23.5 Å². The second-order valence-electron chi connectivity index (χ2n) is 7.43. The molecule has 0 unspecified atom stereocenters. The fraction of sp³-hybridized carbons (Fsp3) is 0.364. The van der Waals surface area contributed by atoms with Gasteiger partial charge in [-0.2, -0.15) is 0 Å². The number of amides is 2. The number of hydrogen-bond donors (Lipinski definition) is 0. The first-order valence-corrected chi connectivity index (χ1v) is 10.8. The molecule has 1 fully saturated rings. The van der Waals surface area contributed by atoms with E-state index in [2.05, 4.69) is 0 Å². The predicted octanol–water partition coefficient (Wildman–Crippen LogP) is 3.82. The van der Waals surface area contributed by atoms with Gasteiger partial charge in [-0.3, -0.25) is 9.59 Å². The molecule has 0 aromatic heterocycles. The summed E-state index contributed by atoms with van der Waals surface area (Å²) in [4.78, 5) is 28.6. The van der Waals surface area contributed by atoms with Gasteiger partial charge in [0.05, 0.1) is 30.2 Å². The van der Waals surface area contributed by atoms with Crippen LogP contribution in [0.3, 0.4) is 0 Å². The van der Waals surface area contributed by atoms with Gasteiger partial charge in [-0.1, -0.05) is 23.2 Å². The first-order valence-electron chi connectivity index (χ1n) is 10.0. The van der Waals surface area contributed by atoms with Crippen LogP contribution in [0.4, 0.5) is 4.39 Å². The lowest BCUT2D eigenvalue weighted by Crippen LogP contribution is -2.51. The molecule has 9 heteroatoms. The van der Waals surface area contributed by atoms with Crippen LogP contribution in [-0.2, 0) is 11.2 Å². The molecule has 4 rings (SSSR count). The van der Waals surface area contributed by atoms with Crippen molar-refractivity contribution in [3.63, 3.8) is 0 Å². The maximum Gasteiger partial charge on any atom is 0.257 e. The van der Waals surface area contributed by atoms with Crippen LogP contribution in [0.5, 0.6) is 11.5 Å². The maximum absolute atomic E-state index is 14.0. The Kier molecular flexibility index (Phi) is 6.53. The molecule has 0 bridgehead atoms. The van der Waals surface area contributed by atoms with Gasteiger partial charge < -0.3 is 19.3 Å². The molecule has 0 aliphatic carbocycles. The molecule has 0 spiro atoms. The molecule has 2 amide bonds. The van der Waals surface area contributed by atoms with Crippen LogP contribution in [0, 0.1) is 5.82 Å². The molecule has 2 aliphatic heterocycles. The van der Waals surface area contributed by atoms with Crippen LogP contribution in [0.15, 0.2) is 30.3 Å². The van der Waals surface area contributed by atoms with E-state index < -0.39 is 11.7 Å². The van der Waals surface area contributed by atoms with Crippen LogP contribution in [0.2, 0.25) is 10.0 Å². The molecule has 1 saturated heterocycles. The van der Waals surface area contributed by atoms with Crippen LogP contribution >= 0.6 is 23.2 Å². The van der Waals surface area contributed by atoms with Crippen molar-refractivity contribution in [3.05, 3.63) is 57.3 Å². The van der Waals surface area contributed by atoms with E-state index in [0.717, 1.165) is 12.0 Å². The highest BCUT2D eigenvalue weighted by atomic mass is 35.5. The van der Waals surface area contributed by atoms with Crippen LogP contribution in [0.1, 0.15) is 22.3 Å². The summed E-state index contributed by atoms with van der Waals surface area (Å²) in [5.74, 6) is -0.0601. The Bertz CT molecular complexity index is 1010. The number of piperazine rings is 1. The molecule has 164 valence electrons. The summed E-state index contributed by atoms with van der Waals surface area (Å²) in [6, 6.07) is 7.40. The molecule has 31 heavy (non-hydrogen) atoms. The van der Waals surface area contributed by atoms with Gasteiger partial charge in [-0.25, -0.2) is 4.39 Å². The minimum Gasteiger partial charge on any atom is -0.489 e. The van der Waals surface area contributed by atoms with Gasteiger partial charge in [0.2, 0.25) is 5.91 Å². The number of benzene rings is 2. The highest BCUT2D eigenvalue weighted by Crippen LogP contribution is 2.38. The molecular weight excluding hydrogens is 446 g/mol. The minimum atomic E-state index is -0.612. The molecule has 0 saturated carbocycles. The van der Waals surface area contributed by atoms with E-state index in [1.807, 2.05) is 0 Å². The highest BCUT2D eigenvalue weighted by Gasteiger charge is 2.27. The summed E-state index contributed by atoms with van der Waals surface area (Å²) >= 11 is 12.2. The monoisotopic (exact) mass is 466 g/mol. The number of halogens is 3. The topological polar surface area (TPSA) is 59.1 Å². The van der Waals surface area contributed by atoms with Gasteiger partial charge in [0, 0.05) is 37.6 Å². The molecule has 2 heterocycles. The molecule has 2 aliphatic rings. The molecular formula is C22H21Cl2FN2O4. The fourth-order valence-electron chi connectivity index (χ4n) is 3.66. The lowest BCUT2D eigenvalue weighted by Gasteiger charge is -2.35. The zero-order valence-corrected chi connectivity index (χ0v) is 18.2. The van der Waals surface area contributed by atoms with Crippen molar-refractivity contribution in [1.29, 1.82) is 0 Å². The molecule has 6 nitrogen and oxygen atoms in total. The second kappa shape index (κ2) is 9.32. The number of carbonyl (C=O) groups is 2. The van der Waals surface area contributed by atoms with E-state index in [1.54, 1.807) is 17.0 Å². The van der Waals surface area contributed by atoms with E-state index in [1.165, 1.54) is 23.1 Å². The maximum atomic E-state index is 14.0. The number of rotatable bonds is 3. The van der Waals surface area contributed by atoms with Crippen molar-refractivity contribution in [3.8, 4) is 11.5 Å². The third kappa shape index (κ3) is 4.88. The average Bonchev–Trinajstić information content (AvgIpc) is 3.01. The van der Waals surface area contributed by atoms with Gasteiger partial charge in [-0.15, -0.1) is 0 Å². The second-order valence-corrected chi connectivity index (χ2v) is 8.27. The molecule has 0 radical (unpaired) electrons. The number of ether oxygens (including phenoxy) is 2. The number of hydrogen-bond acceptors (Lipinski definition) is 4. The van der Waals surface area contributed by atoms with Gasteiger partial charge in [0.25, 0.3) is 5.91 Å². The zero-order valence-electron chi connectivity index (χ0n) is 16.7. The highest BCUT2D eigenvalue weighted by molar-refractivity contribution is 6.32. The van der Waals surface area contributed by atoms with E-state index in [4.69, 9.17) is 32.7 Å². The van der Waals surface area contributed by atoms with Crippen LogP contribution in [-0.4, -0.2) is 61.0 Å². The summed E-state index contributed by atoms with van der Waals surface area (Å²) in [6.07, 6.45) is 0.925. The van der Waals surface area contributed by atoms with Gasteiger partial charge in [0.15, 0.2) is 11.5 Å². The standard InChI is InChI=1S/C22H21Cl2FN2O4/c23-15-2-3-18(25)16(13-15)22(29)27-6-4-26(5-7-27)20(28)12-14-10-17(24)21-19(11-14)30-8-1-9-31-21/h2-3,10-11,13H,1,4-9,12H2. The van der Waals surface area contributed by atoms with Crippen molar-refractivity contribution in [2.45, 2.75) is 12.8 Å². The quantitative estimate of drug-likeness (QED) is 0.689. The van der Waals surface area contributed by atoms with E-state index in [9.17, 15) is 14.0 Å². The molecule has 2 aromatic carbocycles. The lowest BCUT2D eigenvalue weighted by molar-refractivity contribution is -0.131. The Balaban J connectivity index is 1.37. The molecule has 2 aromatic rings. The normalized spacial score (nSPS) is 16.1. The first kappa shape index (κ1) is 21.7. The zero-order chi connectivity index (χ0) is 22.0. The summed E-state index contributed by atoms with van der Waals surface area (Å²) in [5, 5.41) is 0.716. The minimum absolute atomic E-state index is 0.0610. The van der Waals surface area contributed by atoms with Crippen molar-refractivity contribution in [2.24, 2.45) is 0 Å². The Hall–Kier alpha value is -2.51. The lowest BCUT2D eigenvalue weighted by atomic mass is 10.1. The SMILES string of the molecule is O=C(Cc1cc(Cl)c2c(c1)OCCCO2)N1CCN(C(=O)c2cc(Cl)ccc2F)CC1. The molecule has 0 N–H and O–H groups in total. The van der Waals surface area contributed by atoms with Gasteiger partial charge in [-0.05, 0) is 35.9 Å². The number of carbonyl (C=O) groups excluding carboxylic acids is 2. The first-order chi connectivity index (χ1) is 14.9. The van der Waals surface area contributed by atoms with Crippen LogP contribution < -0.4 is 9.47 Å².